The Kier molecular flexibility index (Phi) is 2.38. The molecular formula is C15H16N2O2. The topological polar surface area (TPSA) is 43.3 Å². The molecule has 0 unspecified atom stereocenters. The van der Waals surface area contributed by atoms with E-state index in [0.717, 1.165) is 18.5 Å². The van der Waals surface area contributed by atoms with Gasteiger partial charge in [-0.15, -0.1) is 0 Å². The van der Waals surface area contributed by atoms with Crippen LogP contribution in [0.3, 0.4) is 0 Å². The second-order valence-corrected chi connectivity index (χ2v) is 5.44. The molecule has 0 bridgehead atoms. The largest absolute Gasteiger partial charge is 0.340 e. The number of rotatable bonds is 2. The fraction of sp³-hybridized carbons (Fsp3) is 0.400. The van der Waals surface area contributed by atoms with E-state index in [9.17, 15) is 4.79 Å². The lowest BCUT2D eigenvalue weighted by Gasteiger charge is -2.36. The third-order valence-electron chi connectivity index (χ3n) is 4.49. The monoisotopic (exact) mass is 256 g/mol. The molecule has 0 spiro atoms. The number of piperidine rings is 1. The van der Waals surface area contributed by atoms with Crippen molar-refractivity contribution < 1.29 is 9.63 Å². The fourth-order valence-corrected chi connectivity index (χ4v) is 3.74. The van der Waals surface area contributed by atoms with Gasteiger partial charge in [-0.05, 0) is 43.0 Å². The van der Waals surface area contributed by atoms with Crippen molar-refractivity contribution in [2.24, 2.45) is 0 Å². The van der Waals surface area contributed by atoms with E-state index in [4.69, 9.17) is 4.84 Å². The van der Waals surface area contributed by atoms with E-state index in [-0.39, 0.29) is 0 Å². The highest BCUT2D eigenvalue weighted by molar-refractivity contribution is 5.89. The number of fused-ring (bicyclic) bond motifs is 2. The average molecular weight is 256 g/mol. The standard InChI is InChI=1S/C15H16N2O2/c18-9-19-17-8-10-7-13-11(4-2-6-16-13)12-3-1-5-14(17)15(10)12/h1,3,5,8-9,11,13,16H,2,4,6-7H2/t11-,13-/m1/s1. The lowest BCUT2D eigenvalue weighted by atomic mass is 9.76. The first-order chi connectivity index (χ1) is 9.38. The van der Waals surface area contributed by atoms with E-state index in [0.29, 0.717) is 18.4 Å². The number of aromatic nitrogens is 1. The molecule has 98 valence electrons. The van der Waals surface area contributed by atoms with Gasteiger partial charge in [0.25, 0.3) is 0 Å². The minimum Gasteiger partial charge on any atom is -0.340 e. The van der Waals surface area contributed by atoms with Crippen LogP contribution in [0.1, 0.15) is 29.9 Å². The lowest BCUT2D eigenvalue weighted by molar-refractivity contribution is -0.128. The van der Waals surface area contributed by atoms with Crippen LogP contribution in [-0.2, 0) is 11.2 Å². The highest BCUT2D eigenvalue weighted by Crippen LogP contribution is 2.41. The molecular weight excluding hydrogens is 240 g/mol. The van der Waals surface area contributed by atoms with Crippen LogP contribution in [0.25, 0.3) is 10.9 Å². The van der Waals surface area contributed by atoms with Gasteiger partial charge < -0.3 is 10.2 Å². The maximum Gasteiger partial charge on any atom is 0.321 e. The number of hydrogen-bond donors (Lipinski definition) is 1. The van der Waals surface area contributed by atoms with Crippen LogP contribution in [0.5, 0.6) is 0 Å². The molecule has 4 rings (SSSR count). The normalized spacial score (nSPS) is 25.1. The fourth-order valence-electron chi connectivity index (χ4n) is 3.74. The summed E-state index contributed by atoms with van der Waals surface area (Å²) >= 11 is 0. The van der Waals surface area contributed by atoms with Crippen LogP contribution < -0.4 is 10.2 Å². The van der Waals surface area contributed by atoms with E-state index >= 15 is 0 Å². The Bertz CT molecular complexity index is 647. The van der Waals surface area contributed by atoms with Crippen LogP contribution in [0.2, 0.25) is 0 Å². The van der Waals surface area contributed by atoms with Crippen molar-refractivity contribution in [1.29, 1.82) is 0 Å². The molecule has 1 fully saturated rings. The van der Waals surface area contributed by atoms with Crippen LogP contribution >= 0.6 is 0 Å². The average Bonchev–Trinajstić information content (AvgIpc) is 2.79. The number of nitrogens with zero attached hydrogens (tertiary/aromatic N) is 1. The third-order valence-corrected chi connectivity index (χ3v) is 4.49. The van der Waals surface area contributed by atoms with Crippen LogP contribution in [0, 0.1) is 0 Å². The molecule has 2 heterocycles. The Morgan fingerprint density at radius 2 is 2.37 bits per heavy atom. The molecule has 4 nitrogen and oxygen atoms in total. The second kappa shape index (κ2) is 4.10. The SMILES string of the molecule is O=COn1cc2c3c(cccc31)[C@H]1CCCN[C@@H]1C2. The molecule has 0 radical (unpaired) electrons. The van der Waals surface area contributed by atoms with Crippen molar-refractivity contribution in [2.45, 2.75) is 31.2 Å². The van der Waals surface area contributed by atoms with E-state index in [1.54, 1.807) is 4.73 Å². The number of hydrogen-bond acceptors (Lipinski definition) is 3. The molecule has 2 aliphatic rings. The molecule has 19 heavy (non-hydrogen) atoms. The van der Waals surface area contributed by atoms with Gasteiger partial charge in [-0.25, -0.2) is 0 Å². The Morgan fingerprint density at radius 3 is 3.26 bits per heavy atom. The number of nitrogens with one attached hydrogen (secondary N) is 1. The Hall–Kier alpha value is -1.81. The molecule has 1 aromatic heterocycles. The van der Waals surface area contributed by atoms with Crippen molar-refractivity contribution >= 4 is 17.4 Å². The molecule has 1 saturated heterocycles. The molecule has 1 aliphatic heterocycles. The van der Waals surface area contributed by atoms with E-state index in [1.165, 1.54) is 29.4 Å². The first-order valence-electron chi connectivity index (χ1n) is 6.85. The molecule has 4 heteroatoms. The highest BCUT2D eigenvalue weighted by atomic mass is 16.7. The van der Waals surface area contributed by atoms with Crippen LogP contribution in [0.15, 0.2) is 24.4 Å². The van der Waals surface area contributed by atoms with Gasteiger partial charge in [0, 0.05) is 23.5 Å². The van der Waals surface area contributed by atoms with E-state index in [2.05, 4.69) is 17.4 Å². The number of carbonyl (C=O) groups excluding carboxylic acids is 1. The quantitative estimate of drug-likeness (QED) is 0.830. The van der Waals surface area contributed by atoms with Gasteiger partial charge in [0.2, 0.25) is 0 Å². The van der Waals surface area contributed by atoms with Gasteiger partial charge >= 0.3 is 6.47 Å². The molecule has 0 amide bonds. The van der Waals surface area contributed by atoms with Gasteiger partial charge in [0.05, 0.1) is 5.52 Å². The van der Waals surface area contributed by atoms with Crippen molar-refractivity contribution in [2.75, 3.05) is 6.54 Å². The molecule has 1 aromatic carbocycles. The molecule has 1 aliphatic carbocycles. The summed E-state index contributed by atoms with van der Waals surface area (Å²) in [6.07, 6.45) is 5.46. The Morgan fingerprint density at radius 1 is 1.42 bits per heavy atom. The summed E-state index contributed by atoms with van der Waals surface area (Å²) in [6.45, 7) is 1.59. The predicted molar refractivity (Wildman–Crippen MR) is 72.1 cm³/mol. The zero-order chi connectivity index (χ0) is 12.8. The summed E-state index contributed by atoms with van der Waals surface area (Å²) in [5.41, 5.74) is 3.69. The second-order valence-electron chi connectivity index (χ2n) is 5.44. The van der Waals surface area contributed by atoms with Gasteiger partial charge in [-0.3, -0.25) is 4.79 Å². The van der Waals surface area contributed by atoms with Crippen LogP contribution in [0.4, 0.5) is 0 Å². The highest BCUT2D eigenvalue weighted by Gasteiger charge is 2.33. The van der Waals surface area contributed by atoms with Crippen molar-refractivity contribution in [3.8, 4) is 0 Å². The summed E-state index contributed by atoms with van der Waals surface area (Å²) in [6, 6.07) is 6.82. The van der Waals surface area contributed by atoms with Gasteiger partial charge in [-0.2, -0.15) is 4.73 Å². The van der Waals surface area contributed by atoms with Crippen molar-refractivity contribution in [3.63, 3.8) is 0 Å². The van der Waals surface area contributed by atoms with Gasteiger partial charge in [0.1, 0.15) is 0 Å². The zero-order valence-electron chi connectivity index (χ0n) is 10.6. The predicted octanol–water partition coefficient (Wildman–Crippen LogP) is 1.62. The van der Waals surface area contributed by atoms with E-state index in [1.807, 2.05) is 12.3 Å². The molecule has 2 atom stereocenters. The van der Waals surface area contributed by atoms with Crippen molar-refractivity contribution in [1.82, 2.24) is 10.0 Å². The first-order valence-corrected chi connectivity index (χ1v) is 6.85. The number of carbonyl (C=O) groups is 1. The third kappa shape index (κ3) is 1.53. The summed E-state index contributed by atoms with van der Waals surface area (Å²) in [4.78, 5) is 15.7. The Labute approximate surface area is 111 Å². The summed E-state index contributed by atoms with van der Waals surface area (Å²) in [5, 5.41) is 4.91. The van der Waals surface area contributed by atoms with Gasteiger partial charge in [0.15, 0.2) is 0 Å². The summed E-state index contributed by atoms with van der Waals surface area (Å²) in [5.74, 6) is 0.594. The van der Waals surface area contributed by atoms with Crippen molar-refractivity contribution in [3.05, 3.63) is 35.5 Å². The first kappa shape index (κ1) is 11.1. The van der Waals surface area contributed by atoms with E-state index < -0.39 is 0 Å². The number of benzene rings is 1. The van der Waals surface area contributed by atoms with Gasteiger partial charge in [-0.1, -0.05) is 12.1 Å². The molecule has 1 N–H and O–H groups in total. The minimum absolute atomic E-state index is 0.485. The summed E-state index contributed by atoms with van der Waals surface area (Å²) in [7, 11) is 0. The molecule has 0 saturated carbocycles. The maximum absolute atomic E-state index is 10.6. The minimum atomic E-state index is 0.485. The van der Waals surface area contributed by atoms with Crippen LogP contribution in [-0.4, -0.2) is 23.8 Å². The maximum atomic E-state index is 10.6. The smallest absolute Gasteiger partial charge is 0.321 e. The zero-order valence-corrected chi connectivity index (χ0v) is 10.6. The lowest BCUT2D eigenvalue weighted by Crippen LogP contribution is -2.43. The Balaban J connectivity index is 1.94. The summed E-state index contributed by atoms with van der Waals surface area (Å²) < 4.78 is 1.60. The molecule has 2 aromatic rings.